The van der Waals surface area contributed by atoms with Crippen LogP contribution < -0.4 is 0 Å². The molecule has 1 aliphatic carbocycles. The molecule has 0 radical (unpaired) electrons. The molecular weight excluding hydrogens is 326 g/mol. The van der Waals surface area contributed by atoms with Crippen molar-refractivity contribution in [1.82, 2.24) is 4.90 Å². The molecule has 4 nitrogen and oxygen atoms in total. The zero-order chi connectivity index (χ0) is 19.2. The number of aliphatic carboxylic acids is 1. The van der Waals surface area contributed by atoms with Gasteiger partial charge in [-0.15, -0.1) is 5.92 Å². The standard InChI is InChI=1S/C22H31NO3/c1-4-7-15-22(26,20(24)25)21(18-11-9-8-10-12-18)16-13-19(14-17-21)23(5-2)6-3/h8-12,19,26H,5-6,13-17H2,1-3H3,(H,24,25). The van der Waals surface area contributed by atoms with E-state index in [9.17, 15) is 15.0 Å². The number of carboxylic acids is 1. The molecule has 0 aromatic heterocycles. The maximum absolute atomic E-state index is 12.2. The molecule has 2 N–H and O–H groups in total. The molecule has 2 rings (SSSR count). The van der Waals surface area contributed by atoms with Crippen LogP contribution in [0.4, 0.5) is 0 Å². The van der Waals surface area contributed by atoms with E-state index >= 15 is 0 Å². The van der Waals surface area contributed by atoms with Crippen LogP contribution in [-0.4, -0.2) is 45.8 Å². The van der Waals surface area contributed by atoms with Gasteiger partial charge in [-0.05, 0) is 51.3 Å². The Morgan fingerprint density at radius 2 is 1.81 bits per heavy atom. The fourth-order valence-corrected chi connectivity index (χ4v) is 4.56. The number of carbonyl (C=O) groups is 1. The lowest BCUT2D eigenvalue weighted by Crippen LogP contribution is -2.59. The lowest BCUT2D eigenvalue weighted by molar-refractivity contribution is -0.170. The molecule has 0 bridgehead atoms. The van der Waals surface area contributed by atoms with E-state index in [4.69, 9.17) is 0 Å². The van der Waals surface area contributed by atoms with Crippen LogP contribution in [0, 0.1) is 11.8 Å². The molecule has 142 valence electrons. The molecule has 0 heterocycles. The van der Waals surface area contributed by atoms with Crippen molar-refractivity contribution in [2.75, 3.05) is 13.1 Å². The summed E-state index contributed by atoms with van der Waals surface area (Å²) in [7, 11) is 0. The highest BCUT2D eigenvalue weighted by atomic mass is 16.4. The number of hydrogen-bond donors (Lipinski definition) is 2. The van der Waals surface area contributed by atoms with Crippen molar-refractivity contribution < 1.29 is 15.0 Å². The molecule has 0 aliphatic heterocycles. The van der Waals surface area contributed by atoms with Crippen LogP contribution in [0.25, 0.3) is 0 Å². The van der Waals surface area contributed by atoms with Crippen LogP contribution in [0.15, 0.2) is 30.3 Å². The fraction of sp³-hybridized carbons (Fsp3) is 0.591. The number of benzene rings is 1. The van der Waals surface area contributed by atoms with Gasteiger partial charge in [-0.1, -0.05) is 50.1 Å². The first-order valence-corrected chi connectivity index (χ1v) is 9.60. The molecule has 1 aromatic carbocycles. The normalized spacial score (nSPS) is 25.2. The molecule has 4 heteroatoms. The second-order valence-corrected chi connectivity index (χ2v) is 7.17. The molecule has 1 unspecified atom stereocenters. The molecule has 0 amide bonds. The van der Waals surface area contributed by atoms with Crippen molar-refractivity contribution in [2.24, 2.45) is 0 Å². The van der Waals surface area contributed by atoms with Crippen molar-refractivity contribution in [1.29, 1.82) is 0 Å². The van der Waals surface area contributed by atoms with Gasteiger partial charge >= 0.3 is 5.97 Å². The fourth-order valence-electron chi connectivity index (χ4n) is 4.56. The van der Waals surface area contributed by atoms with Crippen LogP contribution in [0.5, 0.6) is 0 Å². The largest absolute Gasteiger partial charge is 0.479 e. The van der Waals surface area contributed by atoms with Gasteiger partial charge in [-0.3, -0.25) is 0 Å². The molecule has 26 heavy (non-hydrogen) atoms. The third kappa shape index (κ3) is 3.65. The second-order valence-electron chi connectivity index (χ2n) is 7.17. The van der Waals surface area contributed by atoms with Crippen LogP contribution >= 0.6 is 0 Å². The zero-order valence-electron chi connectivity index (χ0n) is 16.2. The van der Waals surface area contributed by atoms with Crippen LogP contribution in [0.3, 0.4) is 0 Å². The highest BCUT2D eigenvalue weighted by molar-refractivity contribution is 5.80. The van der Waals surface area contributed by atoms with E-state index in [0.29, 0.717) is 18.9 Å². The van der Waals surface area contributed by atoms with Gasteiger partial charge in [0, 0.05) is 17.9 Å². The minimum atomic E-state index is -1.88. The van der Waals surface area contributed by atoms with E-state index in [1.165, 1.54) is 0 Å². The van der Waals surface area contributed by atoms with Gasteiger partial charge in [0.1, 0.15) is 0 Å². The van der Waals surface area contributed by atoms with Crippen LogP contribution in [0.2, 0.25) is 0 Å². The number of nitrogens with zero attached hydrogens (tertiary/aromatic N) is 1. The van der Waals surface area contributed by atoms with E-state index in [1.807, 2.05) is 30.3 Å². The Bertz CT molecular complexity index is 649. The number of aliphatic hydroxyl groups is 1. The number of hydrogen-bond acceptors (Lipinski definition) is 3. The van der Waals surface area contributed by atoms with Crippen molar-refractivity contribution in [3.8, 4) is 11.8 Å². The van der Waals surface area contributed by atoms with Crippen molar-refractivity contribution in [3.63, 3.8) is 0 Å². The molecule has 1 aliphatic rings. The monoisotopic (exact) mass is 357 g/mol. The summed E-state index contributed by atoms with van der Waals surface area (Å²) in [5, 5.41) is 21.3. The molecule has 1 aromatic rings. The Kier molecular flexibility index (Phi) is 6.86. The quantitative estimate of drug-likeness (QED) is 0.734. The predicted octanol–water partition coefficient (Wildman–Crippen LogP) is 3.44. The SMILES string of the molecule is CC#CCC(O)(C(=O)O)C1(c2ccccc2)CCC(N(CC)CC)CC1. The lowest BCUT2D eigenvalue weighted by Gasteiger charge is -2.50. The number of rotatable bonds is 7. The summed E-state index contributed by atoms with van der Waals surface area (Å²) in [6, 6.07) is 10.1. The van der Waals surface area contributed by atoms with Crippen LogP contribution in [0.1, 0.15) is 58.4 Å². The first-order chi connectivity index (χ1) is 12.4. The van der Waals surface area contributed by atoms with Gasteiger partial charge in [-0.2, -0.15) is 0 Å². The van der Waals surface area contributed by atoms with E-state index in [0.717, 1.165) is 31.5 Å². The summed E-state index contributed by atoms with van der Waals surface area (Å²) >= 11 is 0. The Morgan fingerprint density at radius 1 is 1.23 bits per heavy atom. The third-order valence-corrected chi connectivity index (χ3v) is 6.13. The van der Waals surface area contributed by atoms with Gasteiger partial charge in [0.05, 0.1) is 0 Å². The summed E-state index contributed by atoms with van der Waals surface area (Å²) in [5.74, 6) is 4.40. The summed E-state index contributed by atoms with van der Waals surface area (Å²) in [4.78, 5) is 14.6. The molecule has 0 spiro atoms. The highest BCUT2D eigenvalue weighted by Crippen LogP contribution is 2.49. The summed E-state index contributed by atoms with van der Waals surface area (Å²) in [6.07, 6.45) is 3.00. The van der Waals surface area contributed by atoms with Gasteiger partial charge in [-0.25, -0.2) is 4.79 Å². The van der Waals surface area contributed by atoms with Gasteiger partial charge < -0.3 is 15.1 Å². The molecule has 1 saturated carbocycles. The first kappa shape index (κ1) is 20.5. The van der Waals surface area contributed by atoms with Gasteiger partial charge in [0.15, 0.2) is 5.60 Å². The first-order valence-electron chi connectivity index (χ1n) is 9.60. The van der Waals surface area contributed by atoms with Crippen molar-refractivity contribution in [3.05, 3.63) is 35.9 Å². The Balaban J connectivity index is 2.45. The molecular formula is C22H31NO3. The summed E-state index contributed by atoms with van der Waals surface area (Å²) < 4.78 is 0. The van der Waals surface area contributed by atoms with E-state index in [2.05, 4.69) is 30.6 Å². The Hall–Kier alpha value is -1.83. The van der Waals surface area contributed by atoms with Crippen LogP contribution in [-0.2, 0) is 10.2 Å². The molecule has 1 atom stereocenters. The van der Waals surface area contributed by atoms with Crippen molar-refractivity contribution >= 4 is 5.97 Å². The topological polar surface area (TPSA) is 60.8 Å². The summed E-state index contributed by atoms with van der Waals surface area (Å²) in [6.45, 7) is 7.97. The Morgan fingerprint density at radius 3 is 2.27 bits per heavy atom. The zero-order valence-corrected chi connectivity index (χ0v) is 16.2. The number of carboxylic acid groups (broad SMARTS) is 1. The van der Waals surface area contributed by atoms with Gasteiger partial charge in [0.25, 0.3) is 0 Å². The summed E-state index contributed by atoms with van der Waals surface area (Å²) in [5.41, 5.74) is -1.79. The van der Waals surface area contributed by atoms with E-state index in [1.54, 1.807) is 6.92 Å². The Labute approximate surface area is 157 Å². The molecule has 0 saturated heterocycles. The third-order valence-electron chi connectivity index (χ3n) is 6.13. The minimum absolute atomic E-state index is 0.0519. The average Bonchev–Trinajstić information content (AvgIpc) is 2.68. The van der Waals surface area contributed by atoms with E-state index < -0.39 is 17.0 Å². The highest BCUT2D eigenvalue weighted by Gasteiger charge is 2.57. The molecule has 1 fully saturated rings. The lowest BCUT2D eigenvalue weighted by atomic mass is 9.58. The van der Waals surface area contributed by atoms with E-state index in [-0.39, 0.29) is 6.42 Å². The maximum Gasteiger partial charge on any atom is 0.337 e. The minimum Gasteiger partial charge on any atom is -0.479 e. The average molecular weight is 357 g/mol. The van der Waals surface area contributed by atoms with Crippen molar-refractivity contribution in [2.45, 2.75) is 69.9 Å². The second kappa shape index (κ2) is 8.70. The smallest absolute Gasteiger partial charge is 0.337 e. The maximum atomic E-state index is 12.2. The predicted molar refractivity (Wildman–Crippen MR) is 104 cm³/mol. The van der Waals surface area contributed by atoms with Gasteiger partial charge in [0.2, 0.25) is 0 Å².